The number of rotatable bonds is 9. The molecule has 0 aliphatic heterocycles. The second-order valence-electron chi connectivity index (χ2n) is 4.28. The molecule has 1 aromatic rings. The molecule has 0 spiro atoms. The highest BCUT2D eigenvalue weighted by atomic mass is 16.4. The number of carbonyl (C=O) groups is 2. The molecule has 0 aromatic carbocycles. The van der Waals surface area contributed by atoms with Crippen molar-refractivity contribution in [3.8, 4) is 0 Å². The topological polar surface area (TPSA) is 105 Å². The third kappa shape index (κ3) is 6.40. The minimum Gasteiger partial charge on any atom is -0.481 e. The van der Waals surface area contributed by atoms with Crippen molar-refractivity contribution < 1.29 is 14.7 Å². The molecule has 6 heteroatoms. The molecule has 0 saturated carbocycles. The number of nitrogens with one attached hydrogen (secondary N) is 1. The molecule has 0 saturated heterocycles. The molecular weight excluding hydrogens is 246 g/mol. The Kier molecular flexibility index (Phi) is 6.35. The standard InChI is InChI=1S/C13H19N3O3/c14-13(19)10-6-8-16-11(9-10)15-7-4-2-1-3-5-12(17)18/h6,8-9H,1-5,7H2,(H2,14,19)(H,15,16)(H,17,18). The van der Waals surface area contributed by atoms with Gasteiger partial charge in [0.05, 0.1) is 0 Å². The van der Waals surface area contributed by atoms with Gasteiger partial charge < -0.3 is 16.2 Å². The summed E-state index contributed by atoms with van der Waals surface area (Å²) in [6.07, 6.45) is 5.29. The van der Waals surface area contributed by atoms with Crippen LogP contribution in [-0.2, 0) is 4.79 Å². The molecule has 19 heavy (non-hydrogen) atoms. The highest BCUT2D eigenvalue weighted by molar-refractivity contribution is 5.93. The van der Waals surface area contributed by atoms with Gasteiger partial charge in [0.15, 0.2) is 0 Å². The number of hydrogen-bond donors (Lipinski definition) is 3. The SMILES string of the molecule is NC(=O)c1ccnc(NCCCCCCC(=O)O)c1. The largest absolute Gasteiger partial charge is 0.481 e. The van der Waals surface area contributed by atoms with Crippen molar-refractivity contribution in [1.82, 2.24) is 4.98 Å². The quantitative estimate of drug-likeness (QED) is 0.588. The molecule has 0 aliphatic carbocycles. The van der Waals surface area contributed by atoms with Crippen LogP contribution < -0.4 is 11.1 Å². The first-order chi connectivity index (χ1) is 9.09. The molecule has 4 N–H and O–H groups in total. The number of aliphatic carboxylic acids is 1. The maximum Gasteiger partial charge on any atom is 0.303 e. The lowest BCUT2D eigenvalue weighted by Crippen LogP contribution is -2.12. The molecule has 6 nitrogen and oxygen atoms in total. The third-order valence-electron chi connectivity index (χ3n) is 2.67. The number of carboxylic acids is 1. The van der Waals surface area contributed by atoms with E-state index in [1.165, 1.54) is 6.20 Å². The van der Waals surface area contributed by atoms with Gasteiger partial charge in [0.2, 0.25) is 5.91 Å². The number of unbranched alkanes of at least 4 members (excludes halogenated alkanes) is 3. The van der Waals surface area contributed by atoms with Gasteiger partial charge in [-0.2, -0.15) is 0 Å². The first-order valence-corrected chi connectivity index (χ1v) is 6.31. The van der Waals surface area contributed by atoms with E-state index in [-0.39, 0.29) is 6.42 Å². The van der Waals surface area contributed by atoms with Crippen molar-refractivity contribution in [3.05, 3.63) is 23.9 Å². The van der Waals surface area contributed by atoms with Crippen molar-refractivity contribution in [2.75, 3.05) is 11.9 Å². The minimum atomic E-state index is -0.745. The molecule has 1 heterocycles. The first kappa shape index (κ1) is 14.9. The number of carboxylic acid groups (broad SMARTS) is 1. The van der Waals surface area contributed by atoms with E-state index in [0.717, 1.165) is 25.8 Å². The number of primary amides is 1. The van der Waals surface area contributed by atoms with Gasteiger partial charge in [0, 0.05) is 24.7 Å². The zero-order chi connectivity index (χ0) is 14.1. The number of nitrogens with zero attached hydrogens (tertiary/aromatic N) is 1. The molecular formula is C13H19N3O3. The number of hydrogen-bond acceptors (Lipinski definition) is 4. The molecule has 0 radical (unpaired) electrons. The summed E-state index contributed by atoms with van der Waals surface area (Å²) in [5.74, 6) is -0.591. The second kappa shape index (κ2) is 8.07. The van der Waals surface area contributed by atoms with E-state index < -0.39 is 11.9 Å². The van der Waals surface area contributed by atoms with E-state index in [1.54, 1.807) is 12.1 Å². The third-order valence-corrected chi connectivity index (χ3v) is 2.67. The Morgan fingerprint density at radius 2 is 2.00 bits per heavy atom. The zero-order valence-corrected chi connectivity index (χ0v) is 10.8. The number of aromatic nitrogens is 1. The maximum absolute atomic E-state index is 11.0. The highest BCUT2D eigenvalue weighted by Gasteiger charge is 2.01. The molecule has 0 bridgehead atoms. The molecule has 1 rings (SSSR count). The van der Waals surface area contributed by atoms with E-state index >= 15 is 0 Å². The van der Waals surface area contributed by atoms with Crippen LogP contribution >= 0.6 is 0 Å². The van der Waals surface area contributed by atoms with Crippen LogP contribution in [0, 0.1) is 0 Å². The van der Waals surface area contributed by atoms with Crippen molar-refractivity contribution in [1.29, 1.82) is 0 Å². The van der Waals surface area contributed by atoms with Gasteiger partial charge >= 0.3 is 5.97 Å². The lowest BCUT2D eigenvalue weighted by molar-refractivity contribution is -0.137. The molecule has 0 fully saturated rings. The molecule has 0 unspecified atom stereocenters. The summed E-state index contributed by atoms with van der Waals surface area (Å²) >= 11 is 0. The van der Waals surface area contributed by atoms with E-state index in [1.807, 2.05) is 0 Å². The first-order valence-electron chi connectivity index (χ1n) is 6.31. The van der Waals surface area contributed by atoms with Gasteiger partial charge in [-0.3, -0.25) is 9.59 Å². The molecule has 0 aliphatic rings. The second-order valence-corrected chi connectivity index (χ2v) is 4.28. The Morgan fingerprint density at radius 1 is 1.26 bits per heavy atom. The Balaban J connectivity index is 2.17. The predicted molar refractivity (Wildman–Crippen MR) is 72.0 cm³/mol. The summed E-state index contributed by atoms with van der Waals surface area (Å²) in [6.45, 7) is 0.738. The zero-order valence-electron chi connectivity index (χ0n) is 10.8. The molecule has 1 amide bonds. The molecule has 0 atom stereocenters. The summed E-state index contributed by atoms with van der Waals surface area (Å²) < 4.78 is 0. The Morgan fingerprint density at radius 3 is 2.68 bits per heavy atom. The monoisotopic (exact) mass is 265 g/mol. The summed E-state index contributed by atoms with van der Waals surface area (Å²) in [5, 5.41) is 11.6. The van der Waals surface area contributed by atoms with Crippen molar-refractivity contribution in [3.63, 3.8) is 0 Å². The lowest BCUT2D eigenvalue weighted by atomic mass is 10.1. The Labute approximate surface area is 112 Å². The van der Waals surface area contributed by atoms with Gasteiger partial charge in [0.25, 0.3) is 0 Å². The normalized spacial score (nSPS) is 10.1. The number of anilines is 1. The van der Waals surface area contributed by atoms with Crippen molar-refractivity contribution in [2.24, 2.45) is 5.73 Å². The van der Waals surface area contributed by atoms with Crippen LogP contribution in [0.5, 0.6) is 0 Å². The smallest absolute Gasteiger partial charge is 0.303 e. The fourth-order valence-corrected chi connectivity index (χ4v) is 1.65. The summed E-state index contributed by atoms with van der Waals surface area (Å²) in [7, 11) is 0. The van der Waals surface area contributed by atoms with E-state index in [2.05, 4.69) is 10.3 Å². The van der Waals surface area contributed by atoms with Gasteiger partial charge in [-0.1, -0.05) is 12.8 Å². The average molecular weight is 265 g/mol. The molecule has 1 aromatic heterocycles. The minimum absolute atomic E-state index is 0.232. The van der Waals surface area contributed by atoms with Crippen LogP contribution in [0.15, 0.2) is 18.3 Å². The van der Waals surface area contributed by atoms with Crippen LogP contribution in [0.2, 0.25) is 0 Å². The van der Waals surface area contributed by atoms with Crippen LogP contribution in [0.1, 0.15) is 42.5 Å². The average Bonchev–Trinajstić information content (AvgIpc) is 2.37. The predicted octanol–water partition coefficient (Wildman–Crippen LogP) is 1.63. The van der Waals surface area contributed by atoms with Crippen LogP contribution in [0.25, 0.3) is 0 Å². The van der Waals surface area contributed by atoms with Crippen molar-refractivity contribution in [2.45, 2.75) is 32.1 Å². The van der Waals surface area contributed by atoms with Crippen LogP contribution in [-0.4, -0.2) is 28.5 Å². The number of nitrogens with two attached hydrogens (primary N) is 1. The Bertz CT molecular complexity index is 435. The fourth-order valence-electron chi connectivity index (χ4n) is 1.65. The summed E-state index contributed by atoms with van der Waals surface area (Å²) in [5.41, 5.74) is 5.60. The van der Waals surface area contributed by atoms with Crippen LogP contribution in [0.4, 0.5) is 5.82 Å². The summed E-state index contributed by atoms with van der Waals surface area (Å²) in [6, 6.07) is 3.19. The summed E-state index contributed by atoms with van der Waals surface area (Å²) in [4.78, 5) is 25.4. The number of carbonyl (C=O) groups excluding carboxylic acids is 1. The van der Waals surface area contributed by atoms with Gasteiger partial charge in [-0.25, -0.2) is 4.98 Å². The van der Waals surface area contributed by atoms with E-state index in [9.17, 15) is 9.59 Å². The van der Waals surface area contributed by atoms with E-state index in [0.29, 0.717) is 17.8 Å². The van der Waals surface area contributed by atoms with Gasteiger partial charge in [0.1, 0.15) is 5.82 Å². The molecule has 104 valence electrons. The Hall–Kier alpha value is -2.11. The highest BCUT2D eigenvalue weighted by Crippen LogP contribution is 2.07. The van der Waals surface area contributed by atoms with Crippen LogP contribution in [0.3, 0.4) is 0 Å². The van der Waals surface area contributed by atoms with Gasteiger partial charge in [-0.15, -0.1) is 0 Å². The van der Waals surface area contributed by atoms with Gasteiger partial charge in [-0.05, 0) is 25.0 Å². The van der Waals surface area contributed by atoms with Crippen molar-refractivity contribution >= 4 is 17.7 Å². The number of amides is 1. The maximum atomic E-state index is 11.0. The lowest BCUT2D eigenvalue weighted by Gasteiger charge is -2.06. The number of pyridine rings is 1. The fraction of sp³-hybridized carbons (Fsp3) is 0.462. The van der Waals surface area contributed by atoms with E-state index in [4.69, 9.17) is 10.8 Å².